The monoisotopic (exact) mass is 352 g/mol. The van der Waals surface area contributed by atoms with Crippen LogP contribution in [0, 0.1) is 11.2 Å². The maximum absolute atomic E-state index is 13.0. The van der Waals surface area contributed by atoms with Crippen molar-refractivity contribution in [1.82, 2.24) is 9.71 Å². The van der Waals surface area contributed by atoms with Crippen molar-refractivity contribution in [3.8, 4) is 0 Å². The van der Waals surface area contributed by atoms with Gasteiger partial charge in [0, 0.05) is 18.1 Å². The zero-order valence-electron chi connectivity index (χ0n) is 11.0. The van der Waals surface area contributed by atoms with Crippen LogP contribution in [-0.2, 0) is 10.0 Å². The number of sulfonamides is 1. The predicted octanol–water partition coefficient (Wildman–Crippen LogP) is 2.70. The topological polar surface area (TPSA) is 59.1 Å². The average Bonchev–Trinajstić information content (AvgIpc) is 2.41. The third-order valence-corrected chi connectivity index (χ3v) is 5.97. The Bertz CT molecular complexity index is 510. The Morgan fingerprint density at radius 1 is 1.37 bits per heavy atom. The summed E-state index contributed by atoms with van der Waals surface area (Å²) in [5.74, 6) is -0.666. The molecular weight excluding hydrogens is 335 g/mol. The summed E-state index contributed by atoms with van der Waals surface area (Å²) in [6.07, 6.45) is 3.80. The van der Waals surface area contributed by atoms with Crippen molar-refractivity contribution in [3.05, 3.63) is 24.3 Å². The lowest BCUT2D eigenvalue weighted by Crippen LogP contribution is -2.38. The van der Waals surface area contributed by atoms with Crippen molar-refractivity contribution in [3.63, 3.8) is 0 Å². The van der Waals surface area contributed by atoms with E-state index in [0.717, 1.165) is 31.3 Å². The molecule has 0 radical (unpaired) electrons. The largest absolute Gasteiger partial charge is 0.260 e. The first-order chi connectivity index (χ1) is 8.89. The van der Waals surface area contributed by atoms with E-state index in [4.69, 9.17) is 0 Å². The van der Waals surface area contributed by atoms with E-state index in [1.54, 1.807) is 0 Å². The van der Waals surface area contributed by atoms with Gasteiger partial charge in [-0.1, -0.05) is 29.8 Å². The second-order valence-corrected chi connectivity index (χ2v) is 6.83. The summed E-state index contributed by atoms with van der Waals surface area (Å²) >= 11 is 3.42. The summed E-state index contributed by atoms with van der Waals surface area (Å²) in [5.41, 5.74) is -0.131. The SMILES string of the molecule is CCC(CC)(CBr)CNS(=O)(=O)c1cncc(F)c1. The third-order valence-electron chi connectivity index (χ3n) is 3.41. The van der Waals surface area contributed by atoms with E-state index in [9.17, 15) is 12.8 Å². The molecule has 0 aromatic carbocycles. The minimum Gasteiger partial charge on any atom is -0.260 e. The smallest absolute Gasteiger partial charge is 0.242 e. The summed E-state index contributed by atoms with van der Waals surface area (Å²) in [4.78, 5) is 3.40. The minimum atomic E-state index is -3.72. The van der Waals surface area contributed by atoms with Gasteiger partial charge in [-0.15, -0.1) is 0 Å². The Morgan fingerprint density at radius 2 is 2.00 bits per heavy atom. The number of rotatable bonds is 7. The molecule has 0 aliphatic rings. The maximum Gasteiger partial charge on any atom is 0.242 e. The van der Waals surface area contributed by atoms with Gasteiger partial charge in [-0.2, -0.15) is 0 Å². The van der Waals surface area contributed by atoms with Gasteiger partial charge < -0.3 is 0 Å². The van der Waals surface area contributed by atoms with Gasteiger partial charge in [-0.3, -0.25) is 4.98 Å². The molecule has 7 heteroatoms. The third kappa shape index (κ3) is 4.22. The highest BCUT2D eigenvalue weighted by Crippen LogP contribution is 2.28. The number of halogens is 2. The maximum atomic E-state index is 13.0. The van der Waals surface area contributed by atoms with Gasteiger partial charge in [0.1, 0.15) is 10.7 Å². The van der Waals surface area contributed by atoms with Crippen LogP contribution in [0.5, 0.6) is 0 Å². The number of hydrogen-bond acceptors (Lipinski definition) is 3. The molecule has 0 bridgehead atoms. The Kier molecular flexibility index (Phi) is 5.88. The van der Waals surface area contributed by atoms with Crippen LogP contribution >= 0.6 is 15.9 Å². The first-order valence-corrected chi connectivity index (χ1v) is 8.66. The summed E-state index contributed by atoms with van der Waals surface area (Å²) in [7, 11) is -3.72. The predicted molar refractivity (Wildman–Crippen MR) is 76.2 cm³/mol. The van der Waals surface area contributed by atoms with Crippen molar-refractivity contribution >= 4 is 26.0 Å². The van der Waals surface area contributed by atoms with Gasteiger partial charge >= 0.3 is 0 Å². The van der Waals surface area contributed by atoms with Crippen LogP contribution in [0.3, 0.4) is 0 Å². The van der Waals surface area contributed by atoms with Gasteiger partial charge in [0.25, 0.3) is 0 Å². The van der Waals surface area contributed by atoms with Crippen molar-refractivity contribution < 1.29 is 12.8 Å². The van der Waals surface area contributed by atoms with Crippen LogP contribution in [0.25, 0.3) is 0 Å². The molecule has 0 saturated carbocycles. The summed E-state index contributed by atoms with van der Waals surface area (Å²) in [6, 6.07) is 0.961. The lowest BCUT2D eigenvalue weighted by molar-refractivity contribution is 0.309. The molecule has 1 rings (SSSR count). The first-order valence-electron chi connectivity index (χ1n) is 6.05. The van der Waals surface area contributed by atoms with Crippen LogP contribution in [0.15, 0.2) is 23.4 Å². The molecule has 108 valence electrons. The van der Waals surface area contributed by atoms with Gasteiger partial charge in [-0.25, -0.2) is 17.5 Å². The second-order valence-electron chi connectivity index (χ2n) is 4.50. The quantitative estimate of drug-likeness (QED) is 0.767. The Balaban J connectivity index is 2.87. The molecule has 4 nitrogen and oxygen atoms in total. The van der Waals surface area contributed by atoms with Crippen molar-refractivity contribution in [1.29, 1.82) is 0 Å². The molecule has 0 spiro atoms. The highest BCUT2D eigenvalue weighted by molar-refractivity contribution is 9.09. The lowest BCUT2D eigenvalue weighted by Gasteiger charge is -2.29. The Morgan fingerprint density at radius 3 is 2.47 bits per heavy atom. The molecule has 19 heavy (non-hydrogen) atoms. The average molecular weight is 353 g/mol. The van der Waals surface area contributed by atoms with Crippen molar-refractivity contribution in [2.75, 3.05) is 11.9 Å². The van der Waals surface area contributed by atoms with E-state index in [2.05, 4.69) is 25.6 Å². The van der Waals surface area contributed by atoms with Crippen LogP contribution in [0.1, 0.15) is 26.7 Å². The fraction of sp³-hybridized carbons (Fsp3) is 0.583. The molecule has 0 amide bonds. The highest BCUT2D eigenvalue weighted by atomic mass is 79.9. The zero-order chi connectivity index (χ0) is 14.5. The van der Waals surface area contributed by atoms with E-state index < -0.39 is 15.8 Å². The molecule has 0 aliphatic carbocycles. The fourth-order valence-electron chi connectivity index (χ4n) is 1.61. The molecule has 1 aromatic rings. The van der Waals surface area contributed by atoms with Crippen molar-refractivity contribution in [2.24, 2.45) is 5.41 Å². The first kappa shape index (κ1) is 16.5. The number of alkyl halides is 1. The number of pyridine rings is 1. The molecule has 1 heterocycles. The van der Waals surface area contributed by atoms with E-state index in [0.29, 0.717) is 11.9 Å². The molecule has 0 atom stereocenters. The molecule has 1 N–H and O–H groups in total. The molecule has 0 unspecified atom stereocenters. The van der Waals surface area contributed by atoms with E-state index in [1.165, 1.54) is 0 Å². The zero-order valence-corrected chi connectivity index (χ0v) is 13.4. The summed E-state index contributed by atoms with van der Waals surface area (Å²) in [6.45, 7) is 4.34. The minimum absolute atomic E-state index is 0.131. The van der Waals surface area contributed by atoms with Crippen LogP contribution < -0.4 is 4.72 Å². The van der Waals surface area contributed by atoms with E-state index in [-0.39, 0.29) is 10.3 Å². The van der Waals surface area contributed by atoms with Crippen LogP contribution in [-0.4, -0.2) is 25.3 Å². The van der Waals surface area contributed by atoms with Crippen LogP contribution in [0.4, 0.5) is 4.39 Å². The summed E-state index contributed by atoms with van der Waals surface area (Å²) < 4.78 is 39.6. The lowest BCUT2D eigenvalue weighted by atomic mass is 9.85. The number of hydrogen-bond donors (Lipinski definition) is 1. The summed E-state index contributed by atoms with van der Waals surface area (Å²) in [5, 5.41) is 0.705. The van der Waals surface area contributed by atoms with Crippen LogP contribution in [0.2, 0.25) is 0 Å². The molecule has 0 fully saturated rings. The second kappa shape index (κ2) is 6.76. The van der Waals surface area contributed by atoms with E-state index in [1.807, 2.05) is 13.8 Å². The molecule has 0 aliphatic heterocycles. The number of aromatic nitrogens is 1. The van der Waals surface area contributed by atoms with Gasteiger partial charge in [-0.05, 0) is 24.3 Å². The van der Waals surface area contributed by atoms with Crippen molar-refractivity contribution in [2.45, 2.75) is 31.6 Å². The van der Waals surface area contributed by atoms with Gasteiger partial charge in [0.2, 0.25) is 10.0 Å². The van der Waals surface area contributed by atoms with Gasteiger partial charge in [0.15, 0.2) is 0 Å². The number of nitrogens with one attached hydrogen (secondary N) is 1. The normalized spacial score (nSPS) is 12.6. The standard InChI is InChI=1S/C12H18BrFN2O2S/c1-3-12(4-2,8-13)9-16-19(17,18)11-5-10(14)6-15-7-11/h5-7,16H,3-4,8-9H2,1-2H3. The Labute approximate surface area is 122 Å². The number of nitrogens with zero attached hydrogens (tertiary/aromatic N) is 1. The molecule has 0 saturated heterocycles. The fourth-order valence-corrected chi connectivity index (χ4v) is 3.73. The molecule has 1 aromatic heterocycles. The Hall–Kier alpha value is -0.530. The molecular formula is C12H18BrFN2O2S. The van der Waals surface area contributed by atoms with E-state index >= 15 is 0 Å². The highest BCUT2D eigenvalue weighted by Gasteiger charge is 2.27. The van der Waals surface area contributed by atoms with Gasteiger partial charge in [0.05, 0.1) is 6.20 Å².